The lowest BCUT2D eigenvalue weighted by Crippen LogP contribution is -2.18. The number of halogens is 4. The first-order chi connectivity index (χ1) is 18.7. The molecule has 0 bridgehead atoms. The molecule has 0 aliphatic carbocycles. The number of aromatic nitrogens is 3. The predicted molar refractivity (Wildman–Crippen MR) is 146 cm³/mol. The van der Waals surface area contributed by atoms with Crippen molar-refractivity contribution in [2.24, 2.45) is 5.73 Å². The number of hydrogen-bond acceptors (Lipinski definition) is 6. The lowest BCUT2D eigenvalue weighted by molar-refractivity contribution is 0.100. The van der Waals surface area contributed by atoms with Crippen LogP contribution in [0.3, 0.4) is 0 Å². The number of fused-ring (bicyclic) bond motifs is 1. The van der Waals surface area contributed by atoms with Crippen LogP contribution < -0.4 is 15.8 Å². The van der Waals surface area contributed by atoms with Gasteiger partial charge >= 0.3 is 0 Å². The normalized spacial score (nSPS) is 11.2. The second-order valence-electron chi connectivity index (χ2n) is 8.13. The highest BCUT2D eigenvalue weighted by Crippen LogP contribution is 2.42. The summed E-state index contributed by atoms with van der Waals surface area (Å²) in [5, 5.41) is 7.82. The molecule has 0 radical (unpaired) electrons. The zero-order chi connectivity index (χ0) is 27.7. The summed E-state index contributed by atoms with van der Waals surface area (Å²) in [7, 11) is 0. The van der Waals surface area contributed by atoms with Crippen LogP contribution in [0.25, 0.3) is 21.3 Å². The summed E-state index contributed by atoms with van der Waals surface area (Å²) in [6.45, 7) is -0.0941. The molecule has 0 atom stereocenters. The van der Waals surface area contributed by atoms with Crippen LogP contribution in [-0.2, 0) is 6.73 Å². The van der Waals surface area contributed by atoms with E-state index in [9.17, 15) is 18.4 Å². The quantitative estimate of drug-likeness (QED) is 0.207. The van der Waals surface area contributed by atoms with Crippen molar-refractivity contribution < 1.29 is 23.1 Å². The van der Waals surface area contributed by atoms with E-state index < -0.39 is 23.9 Å². The van der Waals surface area contributed by atoms with Crippen LogP contribution in [-0.4, -0.2) is 26.6 Å². The van der Waals surface area contributed by atoms with Gasteiger partial charge in [0.25, 0.3) is 18.2 Å². The molecule has 0 fully saturated rings. The van der Waals surface area contributed by atoms with Crippen LogP contribution in [0.4, 0.5) is 14.5 Å². The number of amides is 2. The molecular formula is C26H17Cl2F2N5O3S. The Kier molecular flexibility index (Phi) is 7.47. The summed E-state index contributed by atoms with van der Waals surface area (Å²) in [5.74, 6) is -1.24. The minimum Gasteiger partial charge on any atom is -0.468 e. The molecule has 3 heterocycles. The Morgan fingerprint density at radius 2 is 1.79 bits per heavy atom. The number of hydrogen-bond donors (Lipinski definition) is 2. The Morgan fingerprint density at radius 3 is 2.46 bits per heavy atom. The molecule has 0 spiro atoms. The smallest absolute Gasteiger partial charge is 0.280 e. The Hall–Kier alpha value is -4.06. The molecule has 39 heavy (non-hydrogen) atoms. The summed E-state index contributed by atoms with van der Waals surface area (Å²) >= 11 is 13.1. The first-order valence-electron chi connectivity index (χ1n) is 11.3. The molecular weight excluding hydrogens is 571 g/mol. The van der Waals surface area contributed by atoms with Crippen molar-refractivity contribution in [2.45, 2.75) is 13.2 Å². The van der Waals surface area contributed by atoms with Gasteiger partial charge in [-0.2, -0.15) is 5.10 Å². The van der Waals surface area contributed by atoms with Crippen LogP contribution in [0.2, 0.25) is 10.0 Å². The van der Waals surface area contributed by atoms with E-state index in [0.717, 1.165) is 11.3 Å². The number of pyridine rings is 1. The molecule has 8 nitrogen and oxygen atoms in total. The summed E-state index contributed by atoms with van der Waals surface area (Å²) in [6.07, 6.45) is -1.34. The van der Waals surface area contributed by atoms with Crippen molar-refractivity contribution in [2.75, 3.05) is 5.32 Å². The first kappa shape index (κ1) is 26.5. The van der Waals surface area contributed by atoms with E-state index in [1.54, 1.807) is 48.5 Å². The molecule has 0 aliphatic heterocycles. The predicted octanol–water partition coefficient (Wildman–Crippen LogP) is 6.79. The SMILES string of the molecule is NC(=O)c1sc2nc(C(F)F)cc(-c3ccccc3)c2c1NC(=O)c1ccn(COc2c(Cl)cccc2Cl)n1. The Labute approximate surface area is 233 Å². The average molecular weight is 588 g/mol. The fraction of sp³-hybridized carbons (Fsp3) is 0.0769. The maximum absolute atomic E-state index is 13.7. The molecule has 198 valence electrons. The fourth-order valence-electron chi connectivity index (χ4n) is 3.85. The molecule has 0 saturated heterocycles. The van der Waals surface area contributed by atoms with Gasteiger partial charge in [-0.1, -0.05) is 59.6 Å². The van der Waals surface area contributed by atoms with E-state index in [1.807, 2.05) is 0 Å². The highest BCUT2D eigenvalue weighted by molar-refractivity contribution is 7.21. The number of thiophene rings is 1. The monoisotopic (exact) mass is 587 g/mol. The number of primary amides is 1. The minimum atomic E-state index is -2.85. The van der Waals surface area contributed by atoms with Crippen LogP contribution in [0, 0.1) is 0 Å². The number of para-hydroxylation sites is 1. The zero-order valence-electron chi connectivity index (χ0n) is 19.7. The van der Waals surface area contributed by atoms with Crippen LogP contribution in [0.1, 0.15) is 32.3 Å². The number of alkyl halides is 2. The van der Waals surface area contributed by atoms with E-state index in [-0.39, 0.29) is 33.6 Å². The molecule has 5 aromatic rings. The Bertz CT molecular complexity index is 1690. The molecule has 0 aliphatic rings. The minimum absolute atomic E-state index is 0.00273. The standard InChI is InChI=1S/C26H17Cl2F2N5O3S/c27-15-7-4-8-16(28)21(15)38-12-35-10-9-17(34-35)25(37)33-20-19-14(13-5-2-1-3-6-13)11-18(23(29)30)32-26(19)39-22(20)24(31)36/h1-11,23H,12H2,(H2,31,36)(H,33,37). The Morgan fingerprint density at radius 1 is 1.08 bits per heavy atom. The van der Waals surface area contributed by atoms with Gasteiger partial charge in [0, 0.05) is 11.6 Å². The highest BCUT2D eigenvalue weighted by atomic mass is 35.5. The molecule has 5 rings (SSSR count). The number of carbonyl (C=O) groups is 2. The molecule has 2 aromatic carbocycles. The van der Waals surface area contributed by atoms with Gasteiger partial charge in [0.1, 0.15) is 15.4 Å². The summed E-state index contributed by atoms with van der Waals surface area (Å²) in [5.41, 5.74) is 6.15. The number of nitrogens with zero attached hydrogens (tertiary/aromatic N) is 3. The number of nitrogens with two attached hydrogens (primary N) is 1. The van der Waals surface area contributed by atoms with E-state index in [4.69, 9.17) is 33.7 Å². The second-order valence-corrected chi connectivity index (χ2v) is 9.94. The van der Waals surface area contributed by atoms with Gasteiger partial charge in [0.2, 0.25) is 0 Å². The van der Waals surface area contributed by atoms with Gasteiger partial charge in [-0.15, -0.1) is 11.3 Å². The molecule has 0 saturated carbocycles. The van der Waals surface area contributed by atoms with E-state index in [0.29, 0.717) is 26.6 Å². The van der Waals surface area contributed by atoms with Crippen molar-refractivity contribution in [1.82, 2.24) is 14.8 Å². The molecule has 2 amide bonds. The van der Waals surface area contributed by atoms with Gasteiger partial charge < -0.3 is 15.8 Å². The lowest BCUT2D eigenvalue weighted by atomic mass is 10.0. The van der Waals surface area contributed by atoms with Crippen LogP contribution in [0.15, 0.2) is 66.9 Å². The number of rotatable bonds is 8. The zero-order valence-corrected chi connectivity index (χ0v) is 22.0. The van der Waals surface area contributed by atoms with Gasteiger partial charge in [-0.3, -0.25) is 9.59 Å². The van der Waals surface area contributed by atoms with Crippen LogP contribution in [0.5, 0.6) is 5.75 Å². The van der Waals surface area contributed by atoms with Crippen molar-refractivity contribution in [1.29, 1.82) is 0 Å². The number of carbonyl (C=O) groups excluding carboxylic acids is 2. The number of ether oxygens (including phenoxy) is 1. The summed E-state index contributed by atoms with van der Waals surface area (Å²) < 4.78 is 34.3. The summed E-state index contributed by atoms with van der Waals surface area (Å²) in [6, 6.07) is 16.3. The number of benzene rings is 2. The molecule has 0 unspecified atom stereocenters. The average Bonchev–Trinajstić information content (AvgIpc) is 3.53. The second kappa shape index (κ2) is 11.0. The van der Waals surface area contributed by atoms with Gasteiger partial charge in [-0.25, -0.2) is 18.4 Å². The van der Waals surface area contributed by atoms with Gasteiger partial charge in [0.05, 0.1) is 15.7 Å². The van der Waals surface area contributed by atoms with Crippen molar-refractivity contribution >= 4 is 62.3 Å². The fourth-order valence-corrected chi connectivity index (χ4v) is 5.37. The largest absolute Gasteiger partial charge is 0.468 e. The molecule has 3 N–H and O–H groups in total. The van der Waals surface area contributed by atoms with E-state index in [2.05, 4.69) is 15.4 Å². The molecule has 3 aromatic heterocycles. The lowest BCUT2D eigenvalue weighted by Gasteiger charge is -2.11. The van der Waals surface area contributed by atoms with E-state index in [1.165, 1.54) is 23.0 Å². The third-order valence-corrected chi connectivity index (χ3v) is 7.28. The highest BCUT2D eigenvalue weighted by Gasteiger charge is 2.25. The third kappa shape index (κ3) is 5.42. The maximum atomic E-state index is 13.7. The maximum Gasteiger partial charge on any atom is 0.280 e. The van der Waals surface area contributed by atoms with Crippen LogP contribution >= 0.6 is 34.5 Å². The third-order valence-electron chi connectivity index (χ3n) is 5.59. The number of nitrogens with one attached hydrogen (secondary N) is 1. The first-order valence-corrected chi connectivity index (χ1v) is 12.8. The number of anilines is 1. The Balaban J connectivity index is 1.49. The van der Waals surface area contributed by atoms with Crippen molar-refractivity contribution in [3.63, 3.8) is 0 Å². The summed E-state index contributed by atoms with van der Waals surface area (Å²) in [4.78, 5) is 29.6. The van der Waals surface area contributed by atoms with Gasteiger partial charge in [-0.05, 0) is 35.4 Å². The topological polar surface area (TPSA) is 112 Å². The van der Waals surface area contributed by atoms with Crippen molar-refractivity contribution in [3.8, 4) is 16.9 Å². The van der Waals surface area contributed by atoms with Crippen molar-refractivity contribution in [3.05, 3.63) is 93.2 Å². The van der Waals surface area contributed by atoms with Gasteiger partial charge in [0.15, 0.2) is 18.2 Å². The molecule has 13 heteroatoms. The van der Waals surface area contributed by atoms with E-state index >= 15 is 0 Å².